The van der Waals surface area contributed by atoms with Gasteiger partial charge in [-0.1, -0.05) is 30.3 Å². The van der Waals surface area contributed by atoms with E-state index in [4.69, 9.17) is 0 Å². The molecule has 1 aromatic carbocycles. The number of carbonyl (C=O) groups excluding carboxylic acids is 3. The van der Waals surface area contributed by atoms with E-state index in [1.165, 1.54) is 15.9 Å². The Morgan fingerprint density at radius 2 is 1.76 bits per heavy atom. The Morgan fingerprint density at radius 1 is 1.14 bits per heavy atom. The molecule has 0 aliphatic rings. The summed E-state index contributed by atoms with van der Waals surface area (Å²) in [5.41, 5.74) is 0.697. The molecule has 0 saturated carbocycles. The number of likely N-dealkylation sites (N-methyl/N-ethyl adjacent to an activating group) is 1. The summed E-state index contributed by atoms with van der Waals surface area (Å²) in [5, 5.41) is 0. The van der Waals surface area contributed by atoms with Crippen LogP contribution in [0.2, 0.25) is 0 Å². The molecule has 0 atom stereocenters. The highest BCUT2D eigenvalue weighted by Crippen LogP contribution is 2.08. The molecular weight excluding hydrogens is 268 g/mol. The number of rotatable bonds is 6. The molecule has 0 spiro atoms. The highest BCUT2D eigenvalue weighted by molar-refractivity contribution is 6.14. The van der Waals surface area contributed by atoms with Crippen molar-refractivity contribution in [1.82, 2.24) is 9.80 Å². The fourth-order valence-electron chi connectivity index (χ4n) is 1.64. The third-order valence-corrected chi connectivity index (χ3v) is 2.96. The Balaban J connectivity index is 2.73. The maximum absolute atomic E-state index is 12.1. The van der Waals surface area contributed by atoms with Gasteiger partial charge in [0, 0.05) is 34.1 Å². The molecule has 1 rings (SSSR count). The average molecular weight is 287 g/mol. The second-order valence-corrected chi connectivity index (χ2v) is 4.84. The summed E-state index contributed by atoms with van der Waals surface area (Å²) in [7, 11) is 4.87. The Hall–Kier alpha value is -2.43. The summed E-state index contributed by atoms with van der Waals surface area (Å²) in [4.78, 5) is 37.4. The van der Waals surface area contributed by atoms with Gasteiger partial charge in [0.05, 0.1) is 5.57 Å². The predicted octanol–water partition coefficient (Wildman–Crippen LogP) is 1.12. The Kier molecular flexibility index (Phi) is 6.33. The quantitative estimate of drug-likeness (QED) is 0.447. The molecule has 0 aliphatic carbocycles. The van der Waals surface area contributed by atoms with Gasteiger partial charge in [-0.15, -0.1) is 0 Å². The maximum Gasteiger partial charge on any atom is 0.257 e. The SMILES string of the molecule is CN(C)C(=O)CCN(C)C(=O)C([C]=O)=Cc1ccccc1. The fourth-order valence-corrected chi connectivity index (χ4v) is 1.64. The van der Waals surface area contributed by atoms with Crippen LogP contribution in [0.15, 0.2) is 35.9 Å². The van der Waals surface area contributed by atoms with E-state index in [2.05, 4.69) is 0 Å². The monoisotopic (exact) mass is 287 g/mol. The molecular formula is C16H19N2O3. The van der Waals surface area contributed by atoms with Crippen molar-refractivity contribution in [2.24, 2.45) is 0 Å². The lowest BCUT2D eigenvalue weighted by molar-refractivity contribution is -0.130. The van der Waals surface area contributed by atoms with E-state index in [0.717, 1.165) is 5.56 Å². The van der Waals surface area contributed by atoms with E-state index in [9.17, 15) is 14.4 Å². The lowest BCUT2D eigenvalue weighted by atomic mass is 10.1. The molecule has 0 N–H and O–H groups in total. The minimum atomic E-state index is -0.444. The largest absolute Gasteiger partial charge is 0.349 e. The van der Waals surface area contributed by atoms with Crippen molar-refractivity contribution in [3.8, 4) is 0 Å². The molecule has 0 heterocycles. The number of benzene rings is 1. The average Bonchev–Trinajstić information content (AvgIpc) is 2.50. The van der Waals surface area contributed by atoms with Crippen molar-refractivity contribution < 1.29 is 14.4 Å². The minimum Gasteiger partial charge on any atom is -0.349 e. The van der Waals surface area contributed by atoms with Crippen LogP contribution in [0.1, 0.15) is 12.0 Å². The summed E-state index contributed by atoms with van der Waals surface area (Å²) in [6.45, 7) is 0.254. The standard InChI is InChI=1S/C16H19N2O3/c1-17(2)15(20)9-10-18(3)16(21)14(12-19)11-13-7-5-4-6-8-13/h4-8,11H,9-10H2,1-3H3. The summed E-state index contributed by atoms with van der Waals surface area (Å²) < 4.78 is 0. The Labute approximate surface area is 124 Å². The van der Waals surface area contributed by atoms with Crippen LogP contribution in [0.3, 0.4) is 0 Å². The minimum absolute atomic E-state index is 0.0546. The molecule has 1 radical (unpaired) electrons. The molecule has 0 saturated heterocycles. The summed E-state index contributed by atoms with van der Waals surface area (Å²) in [5.74, 6) is -0.515. The van der Waals surface area contributed by atoms with Crippen LogP contribution < -0.4 is 0 Å². The van der Waals surface area contributed by atoms with Gasteiger partial charge < -0.3 is 9.80 Å². The fraction of sp³-hybridized carbons (Fsp3) is 0.312. The van der Waals surface area contributed by atoms with Crippen molar-refractivity contribution in [1.29, 1.82) is 0 Å². The first-order chi connectivity index (χ1) is 9.95. The number of hydrogen-bond donors (Lipinski definition) is 0. The van der Waals surface area contributed by atoms with Crippen LogP contribution in [0, 0.1) is 0 Å². The zero-order chi connectivity index (χ0) is 15.8. The third-order valence-electron chi connectivity index (χ3n) is 2.96. The van der Waals surface area contributed by atoms with Crippen molar-refractivity contribution in [2.45, 2.75) is 6.42 Å². The number of carbonyl (C=O) groups is 2. The summed E-state index contributed by atoms with van der Waals surface area (Å²) >= 11 is 0. The van der Waals surface area contributed by atoms with E-state index in [-0.39, 0.29) is 24.4 Å². The molecule has 0 aromatic heterocycles. The van der Waals surface area contributed by atoms with Gasteiger partial charge in [-0.3, -0.25) is 14.4 Å². The van der Waals surface area contributed by atoms with Crippen LogP contribution in [0.4, 0.5) is 0 Å². The predicted molar refractivity (Wildman–Crippen MR) is 81.1 cm³/mol. The Bertz CT molecular complexity index is 536. The first-order valence-corrected chi connectivity index (χ1v) is 6.56. The highest BCUT2D eigenvalue weighted by atomic mass is 16.2. The van der Waals surface area contributed by atoms with Gasteiger partial charge in [-0.05, 0) is 11.6 Å². The van der Waals surface area contributed by atoms with E-state index < -0.39 is 5.91 Å². The second kappa shape index (κ2) is 7.99. The zero-order valence-corrected chi connectivity index (χ0v) is 12.5. The Morgan fingerprint density at radius 3 is 2.29 bits per heavy atom. The van der Waals surface area contributed by atoms with Crippen molar-refractivity contribution in [3.05, 3.63) is 41.5 Å². The van der Waals surface area contributed by atoms with Crippen LogP contribution in [-0.2, 0) is 14.4 Å². The highest BCUT2D eigenvalue weighted by Gasteiger charge is 2.16. The lowest BCUT2D eigenvalue weighted by Crippen LogP contribution is -2.33. The van der Waals surface area contributed by atoms with E-state index in [0.29, 0.717) is 0 Å². The van der Waals surface area contributed by atoms with Gasteiger partial charge in [0.1, 0.15) is 0 Å². The molecule has 111 valence electrons. The lowest BCUT2D eigenvalue weighted by Gasteiger charge is -2.18. The van der Waals surface area contributed by atoms with Gasteiger partial charge >= 0.3 is 0 Å². The molecule has 0 fully saturated rings. The number of amides is 2. The second-order valence-electron chi connectivity index (χ2n) is 4.84. The van der Waals surface area contributed by atoms with E-state index >= 15 is 0 Å². The molecule has 2 amide bonds. The maximum atomic E-state index is 12.1. The molecule has 0 bridgehead atoms. The smallest absolute Gasteiger partial charge is 0.257 e. The molecule has 0 unspecified atom stereocenters. The molecule has 1 aromatic rings. The van der Waals surface area contributed by atoms with Crippen LogP contribution in [0.5, 0.6) is 0 Å². The summed E-state index contributed by atoms with van der Waals surface area (Å²) in [6.07, 6.45) is 3.37. The normalized spacial score (nSPS) is 10.9. The first-order valence-electron chi connectivity index (χ1n) is 6.56. The number of nitrogens with zero attached hydrogens (tertiary/aromatic N) is 2. The zero-order valence-electron chi connectivity index (χ0n) is 12.5. The van der Waals surface area contributed by atoms with Gasteiger partial charge in [0.25, 0.3) is 5.91 Å². The van der Waals surface area contributed by atoms with Crippen LogP contribution >= 0.6 is 0 Å². The van der Waals surface area contributed by atoms with E-state index in [1.54, 1.807) is 39.6 Å². The topological polar surface area (TPSA) is 57.7 Å². The van der Waals surface area contributed by atoms with Crippen LogP contribution in [0.25, 0.3) is 6.08 Å². The first kappa shape index (κ1) is 16.6. The van der Waals surface area contributed by atoms with E-state index in [1.807, 2.05) is 18.2 Å². The molecule has 5 heteroatoms. The molecule has 5 nitrogen and oxygen atoms in total. The van der Waals surface area contributed by atoms with Crippen molar-refractivity contribution >= 4 is 24.2 Å². The van der Waals surface area contributed by atoms with Crippen molar-refractivity contribution in [3.63, 3.8) is 0 Å². The van der Waals surface area contributed by atoms with Crippen molar-refractivity contribution in [2.75, 3.05) is 27.7 Å². The number of hydrogen-bond acceptors (Lipinski definition) is 3. The molecule has 0 aliphatic heterocycles. The molecule has 21 heavy (non-hydrogen) atoms. The van der Waals surface area contributed by atoms with Gasteiger partial charge in [0.2, 0.25) is 12.2 Å². The van der Waals surface area contributed by atoms with Gasteiger partial charge in [-0.25, -0.2) is 0 Å². The van der Waals surface area contributed by atoms with Gasteiger partial charge in [-0.2, -0.15) is 0 Å². The van der Waals surface area contributed by atoms with Gasteiger partial charge in [0.15, 0.2) is 0 Å². The third kappa shape index (κ3) is 5.22. The summed E-state index contributed by atoms with van der Waals surface area (Å²) in [6, 6.07) is 9.07. The van der Waals surface area contributed by atoms with Crippen LogP contribution in [-0.4, -0.2) is 55.6 Å².